The van der Waals surface area contributed by atoms with Gasteiger partial charge in [0.2, 0.25) is 0 Å². The molecule has 1 aromatic carbocycles. The number of hydrogen-bond donors (Lipinski definition) is 3. The van der Waals surface area contributed by atoms with Gasteiger partial charge < -0.3 is 20.0 Å². The van der Waals surface area contributed by atoms with Crippen LogP contribution in [0.5, 0.6) is 0 Å². The second-order valence-corrected chi connectivity index (χ2v) is 6.46. The lowest BCUT2D eigenvalue weighted by atomic mass is 10.1. The molecule has 0 aliphatic rings. The van der Waals surface area contributed by atoms with Crippen molar-refractivity contribution in [1.82, 2.24) is 20.3 Å². The van der Waals surface area contributed by atoms with Crippen LogP contribution < -0.4 is 5.32 Å². The molecule has 0 aliphatic heterocycles. The van der Waals surface area contributed by atoms with E-state index in [0.717, 1.165) is 11.0 Å². The van der Waals surface area contributed by atoms with Crippen LogP contribution in [0.3, 0.4) is 0 Å². The van der Waals surface area contributed by atoms with Crippen LogP contribution in [0.25, 0.3) is 11.0 Å². The van der Waals surface area contributed by atoms with Gasteiger partial charge in [-0.1, -0.05) is 12.1 Å². The quantitative estimate of drug-likeness (QED) is 0.613. The summed E-state index contributed by atoms with van der Waals surface area (Å²) in [5.74, 6) is -0.0582. The van der Waals surface area contributed by atoms with Crippen molar-refractivity contribution < 1.29 is 14.3 Å². The molecule has 0 saturated heterocycles. The first-order valence-electron chi connectivity index (χ1n) is 8.48. The number of nitrogens with zero attached hydrogens (tertiary/aromatic N) is 1. The number of fused-ring (bicyclic) bond motifs is 1. The van der Waals surface area contributed by atoms with E-state index in [0.29, 0.717) is 28.3 Å². The molecule has 3 rings (SSSR count). The number of benzene rings is 1. The summed E-state index contributed by atoms with van der Waals surface area (Å²) in [6.07, 6.45) is -0.221. The van der Waals surface area contributed by atoms with E-state index >= 15 is 0 Å². The number of amides is 1. The smallest absolute Gasteiger partial charge is 0.340 e. The average molecular weight is 354 g/mol. The molecule has 7 nitrogen and oxygen atoms in total. The standard InChI is InChI=1S/C19H22N4O3/c1-10(2)26-19(25)16-11(3)17(21-12(16)4)18(24)20-9-15-22-13-7-5-6-8-14(13)23-15/h5-8,10,21H,9H2,1-4H3,(H,20,24)(H,22,23). The van der Waals surface area contributed by atoms with E-state index in [2.05, 4.69) is 20.3 Å². The second kappa shape index (κ2) is 7.03. The molecule has 3 aromatic rings. The Morgan fingerprint density at radius 1 is 1.19 bits per heavy atom. The van der Waals surface area contributed by atoms with Gasteiger partial charge in [0.15, 0.2) is 0 Å². The van der Waals surface area contributed by atoms with E-state index in [9.17, 15) is 9.59 Å². The fraction of sp³-hybridized carbons (Fsp3) is 0.316. The van der Waals surface area contributed by atoms with Crippen LogP contribution in [0.15, 0.2) is 24.3 Å². The molecule has 7 heteroatoms. The van der Waals surface area contributed by atoms with Gasteiger partial charge in [-0.25, -0.2) is 9.78 Å². The van der Waals surface area contributed by atoms with Gasteiger partial charge in [-0.15, -0.1) is 0 Å². The maximum atomic E-state index is 12.5. The summed E-state index contributed by atoms with van der Waals surface area (Å²) in [4.78, 5) is 35.3. The number of aromatic amines is 2. The number of aromatic nitrogens is 3. The number of hydrogen-bond acceptors (Lipinski definition) is 4. The fourth-order valence-electron chi connectivity index (χ4n) is 2.90. The third kappa shape index (κ3) is 3.46. The Kier molecular flexibility index (Phi) is 4.79. The molecule has 0 unspecified atom stereocenters. The zero-order valence-corrected chi connectivity index (χ0v) is 15.3. The van der Waals surface area contributed by atoms with Crippen LogP contribution in [0.1, 0.15) is 51.8 Å². The Labute approximate surface area is 151 Å². The number of ether oxygens (including phenoxy) is 1. The van der Waals surface area contributed by atoms with Crippen LogP contribution in [-0.4, -0.2) is 32.9 Å². The number of nitrogens with one attached hydrogen (secondary N) is 3. The normalized spacial score (nSPS) is 11.1. The highest BCUT2D eigenvalue weighted by Crippen LogP contribution is 2.20. The SMILES string of the molecule is Cc1[nH]c(C(=O)NCc2nc3ccccc3[nH]2)c(C)c1C(=O)OC(C)C. The lowest BCUT2D eigenvalue weighted by molar-refractivity contribution is 0.0376. The number of H-pyrrole nitrogens is 2. The molecule has 136 valence electrons. The molecule has 0 atom stereocenters. The molecule has 0 saturated carbocycles. The van der Waals surface area contributed by atoms with Crippen molar-refractivity contribution in [2.75, 3.05) is 0 Å². The molecule has 0 bridgehead atoms. The van der Waals surface area contributed by atoms with Crippen molar-refractivity contribution in [2.24, 2.45) is 0 Å². The van der Waals surface area contributed by atoms with Crippen LogP contribution in [0, 0.1) is 13.8 Å². The lowest BCUT2D eigenvalue weighted by Crippen LogP contribution is -2.24. The summed E-state index contributed by atoms with van der Waals surface area (Å²) in [7, 11) is 0. The third-order valence-electron chi connectivity index (χ3n) is 4.07. The molecule has 2 heterocycles. The zero-order valence-electron chi connectivity index (χ0n) is 15.3. The van der Waals surface area contributed by atoms with Gasteiger partial charge in [0.25, 0.3) is 5.91 Å². The van der Waals surface area contributed by atoms with E-state index in [-0.39, 0.29) is 18.6 Å². The van der Waals surface area contributed by atoms with Crippen LogP contribution in [-0.2, 0) is 11.3 Å². The van der Waals surface area contributed by atoms with Gasteiger partial charge in [-0.2, -0.15) is 0 Å². The van der Waals surface area contributed by atoms with E-state index in [1.54, 1.807) is 27.7 Å². The number of aryl methyl sites for hydroxylation is 1. The summed E-state index contributed by atoms with van der Waals surface area (Å²) in [5.41, 5.74) is 3.73. The Bertz CT molecular complexity index is 935. The molecule has 0 radical (unpaired) electrons. The number of rotatable bonds is 5. The van der Waals surface area contributed by atoms with E-state index < -0.39 is 5.97 Å². The van der Waals surface area contributed by atoms with E-state index in [1.165, 1.54) is 0 Å². The van der Waals surface area contributed by atoms with Gasteiger partial charge in [0.1, 0.15) is 11.5 Å². The second-order valence-electron chi connectivity index (χ2n) is 6.46. The first-order valence-corrected chi connectivity index (χ1v) is 8.48. The summed E-state index contributed by atoms with van der Waals surface area (Å²) < 4.78 is 5.25. The van der Waals surface area contributed by atoms with Crippen molar-refractivity contribution in [2.45, 2.75) is 40.3 Å². The molecule has 0 spiro atoms. The maximum absolute atomic E-state index is 12.5. The van der Waals surface area contributed by atoms with Gasteiger partial charge in [-0.05, 0) is 45.4 Å². The van der Waals surface area contributed by atoms with Gasteiger partial charge in [-0.3, -0.25) is 4.79 Å². The number of para-hydroxylation sites is 2. The summed E-state index contributed by atoms with van der Waals surface area (Å²) in [5, 5.41) is 2.82. The topological polar surface area (TPSA) is 99.9 Å². The molecule has 26 heavy (non-hydrogen) atoms. The molecular formula is C19H22N4O3. The molecule has 0 aliphatic carbocycles. The minimum atomic E-state index is -0.428. The van der Waals surface area contributed by atoms with Crippen molar-refractivity contribution in [1.29, 1.82) is 0 Å². The lowest BCUT2D eigenvalue weighted by Gasteiger charge is -2.08. The summed E-state index contributed by atoms with van der Waals surface area (Å²) >= 11 is 0. The minimum absolute atomic E-state index is 0.221. The first-order chi connectivity index (χ1) is 12.4. The van der Waals surface area contributed by atoms with Crippen molar-refractivity contribution in [3.63, 3.8) is 0 Å². The highest BCUT2D eigenvalue weighted by molar-refractivity contribution is 6.00. The average Bonchev–Trinajstić information content (AvgIpc) is 3.12. The van der Waals surface area contributed by atoms with Gasteiger partial charge >= 0.3 is 5.97 Å². The predicted molar refractivity (Wildman–Crippen MR) is 98.1 cm³/mol. The van der Waals surface area contributed by atoms with E-state index in [4.69, 9.17) is 4.74 Å². The van der Waals surface area contributed by atoms with Crippen molar-refractivity contribution in [3.8, 4) is 0 Å². The zero-order chi connectivity index (χ0) is 18.8. The van der Waals surface area contributed by atoms with Crippen LogP contribution >= 0.6 is 0 Å². The molecular weight excluding hydrogens is 332 g/mol. The van der Waals surface area contributed by atoms with Gasteiger partial charge in [0, 0.05) is 5.69 Å². The molecule has 0 fully saturated rings. The Hall–Kier alpha value is -3.09. The van der Waals surface area contributed by atoms with Crippen molar-refractivity contribution >= 4 is 22.9 Å². The molecule has 2 aromatic heterocycles. The Morgan fingerprint density at radius 3 is 2.62 bits per heavy atom. The summed E-state index contributed by atoms with van der Waals surface area (Å²) in [6.45, 7) is 7.32. The minimum Gasteiger partial charge on any atom is -0.459 e. The van der Waals surface area contributed by atoms with Gasteiger partial charge in [0.05, 0.1) is 29.2 Å². The van der Waals surface area contributed by atoms with Crippen molar-refractivity contribution in [3.05, 3.63) is 52.6 Å². The Balaban J connectivity index is 1.74. The third-order valence-corrected chi connectivity index (χ3v) is 4.07. The number of carbonyl (C=O) groups excluding carboxylic acids is 2. The number of carbonyl (C=O) groups is 2. The Morgan fingerprint density at radius 2 is 1.92 bits per heavy atom. The highest BCUT2D eigenvalue weighted by Gasteiger charge is 2.23. The molecule has 1 amide bonds. The summed E-state index contributed by atoms with van der Waals surface area (Å²) in [6, 6.07) is 7.67. The first kappa shape index (κ1) is 17.7. The number of imidazole rings is 1. The number of esters is 1. The largest absolute Gasteiger partial charge is 0.459 e. The predicted octanol–water partition coefficient (Wildman–Crippen LogP) is 3.00. The maximum Gasteiger partial charge on any atom is 0.340 e. The van der Waals surface area contributed by atoms with Crippen LogP contribution in [0.4, 0.5) is 0 Å². The monoisotopic (exact) mass is 354 g/mol. The van der Waals surface area contributed by atoms with Crippen LogP contribution in [0.2, 0.25) is 0 Å². The van der Waals surface area contributed by atoms with E-state index in [1.807, 2.05) is 24.3 Å². The fourth-order valence-corrected chi connectivity index (χ4v) is 2.90. The molecule has 3 N–H and O–H groups in total. The highest BCUT2D eigenvalue weighted by atomic mass is 16.5.